The number of rotatable bonds is 6. The van der Waals surface area contributed by atoms with Gasteiger partial charge in [0.15, 0.2) is 11.6 Å². The number of aromatic nitrogens is 2. The Kier molecular flexibility index (Phi) is 5.17. The monoisotopic (exact) mass is 315 g/mol. The van der Waals surface area contributed by atoms with Crippen molar-refractivity contribution in [2.45, 2.75) is 31.7 Å². The summed E-state index contributed by atoms with van der Waals surface area (Å²) in [6, 6.07) is 2.59. The fourth-order valence-corrected chi connectivity index (χ4v) is 2.57. The third-order valence-electron chi connectivity index (χ3n) is 3.42. The normalized spacial score (nSPS) is 13.3. The average Bonchev–Trinajstić information content (AvgIpc) is 2.78. The minimum atomic E-state index is -0.856. The van der Waals surface area contributed by atoms with Crippen LogP contribution in [0.4, 0.5) is 8.78 Å². The van der Waals surface area contributed by atoms with Crippen molar-refractivity contribution in [3.8, 4) is 0 Å². The van der Waals surface area contributed by atoms with E-state index >= 15 is 0 Å². The summed E-state index contributed by atoms with van der Waals surface area (Å²) in [4.78, 5) is 6.44. The van der Waals surface area contributed by atoms with Gasteiger partial charge in [-0.2, -0.15) is 0 Å². The maximum Gasteiger partial charge on any atom is 0.184 e. The minimum Gasteiger partial charge on any atom is -0.324 e. The maximum atomic E-state index is 14.1. The molecule has 0 spiro atoms. The highest BCUT2D eigenvalue weighted by Crippen LogP contribution is 2.27. The first-order chi connectivity index (χ1) is 9.91. The molecule has 0 radical (unpaired) electrons. The Labute approximate surface area is 128 Å². The summed E-state index contributed by atoms with van der Waals surface area (Å²) in [5, 5.41) is -0.353. The second-order valence-electron chi connectivity index (χ2n) is 5.48. The van der Waals surface area contributed by atoms with Crippen LogP contribution >= 0.6 is 11.6 Å². The van der Waals surface area contributed by atoms with E-state index in [9.17, 15) is 8.78 Å². The molecule has 0 N–H and O–H groups in total. The van der Waals surface area contributed by atoms with Gasteiger partial charge in [-0.1, -0.05) is 0 Å². The van der Waals surface area contributed by atoms with Gasteiger partial charge in [0.2, 0.25) is 0 Å². The molecule has 0 aliphatic rings. The van der Waals surface area contributed by atoms with Crippen LogP contribution in [0, 0.1) is 11.6 Å². The van der Waals surface area contributed by atoms with E-state index in [0.29, 0.717) is 17.9 Å². The molecule has 2 aromatic rings. The van der Waals surface area contributed by atoms with E-state index in [2.05, 4.69) is 9.88 Å². The van der Waals surface area contributed by atoms with Crippen LogP contribution in [-0.4, -0.2) is 35.1 Å². The molecule has 3 nitrogen and oxygen atoms in total. The fraction of sp³-hybridized carbons (Fsp3) is 0.533. The van der Waals surface area contributed by atoms with Crippen LogP contribution in [0.25, 0.3) is 11.0 Å². The van der Waals surface area contributed by atoms with Gasteiger partial charge < -0.3 is 9.47 Å². The lowest BCUT2D eigenvalue weighted by Crippen LogP contribution is -2.14. The molecule has 0 aliphatic heterocycles. The topological polar surface area (TPSA) is 21.1 Å². The summed E-state index contributed by atoms with van der Waals surface area (Å²) in [6.45, 7) is 3.32. The van der Waals surface area contributed by atoms with Crippen molar-refractivity contribution in [3.63, 3.8) is 0 Å². The third kappa shape index (κ3) is 3.52. The average molecular weight is 316 g/mol. The molecule has 1 unspecified atom stereocenters. The van der Waals surface area contributed by atoms with Gasteiger partial charge in [-0.05, 0) is 52.5 Å². The molecular weight excluding hydrogens is 296 g/mol. The fourth-order valence-electron chi connectivity index (χ4n) is 2.40. The largest absolute Gasteiger partial charge is 0.324 e. The summed E-state index contributed by atoms with van der Waals surface area (Å²) in [6.07, 6.45) is 1.83. The number of imidazole rings is 1. The van der Waals surface area contributed by atoms with Gasteiger partial charge >= 0.3 is 0 Å². The zero-order valence-corrected chi connectivity index (χ0v) is 13.3. The smallest absolute Gasteiger partial charge is 0.184 e. The second-order valence-corrected chi connectivity index (χ2v) is 6.13. The molecule has 1 atom stereocenters. The van der Waals surface area contributed by atoms with Crippen molar-refractivity contribution in [1.29, 1.82) is 0 Å². The van der Waals surface area contributed by atoms with E-state index in [1.54, 1.807) is 11.5 Å². The van der Waals surface area contributed by atoms with Crippen molar-refractivity contribution in [1.82, 2.24) is 14.5 Å². The van der Waals surface area contributed by atoms with Crippen molar-refractivity contribution in [2.24, 2.45) is 0 Å². The number of benzene rings is 1. The summed E-state index contributed by atoms with van der Waals surface area (Å²) < 4.78 is 29.3. The molecule has 2 rings (SSSR count). The summed E-state index contributed by atoms with van der Waals surface area (Å²) in [5.74, 6) is -1.12. The zero-order chi connectivity index (χ0) is 15.6. The molecule has 1 heterocycles. The van der Waals surface area contributed by atoms with E-state index in [1.807, 2.05) is 14.1 Å². The first-order valence-electron chi connectivity index (χ1n) is 7.04. The number of nitrogens with zero attached hydrogens (tertiary/aromatic N) is 3. The van der Waals surface area contributed by atoms with Crippen LogP contribution in [0.2, 0.25) is 0 Å². The second kappa shape index (κ2) is 6.71. The van der Waals surface area contributed by atoms with Crippen LogP contribution < -0.4 is 0 Å². The molecule has 1 aromatic carbocycles. The predicted octanol–water partition coefficient (Wildman–Crippen LogP) is 3.96. The summed E-state index contributed by atoms with van der Waals surface area (Å²) in [5.41, 5.74) is 0.659. The van der Waals surface area contributed by atoms with E-state index in [-0.39, 0.29) is 10.9 Å². The standard InChI is InChI=1S/C15H20ClF2N3/c1-10(16)15-19-12-7-6-11(17)13(18)14(12)21(15)9-5-4-8-20(2)3/h6-7,10H,4-5,8-9H2,1-3H3. The zero-order valence-electron chi connectivity index (χ0n) is 12.5. The van der Waals surface area contributed by atoms with Crippen LogP contribution in [0.15, 0.2) is 12.1 Å². The number of alkyl halides is 1. The number of fused-ring (bicyclic) bond motifs is 1. The van der Waals surface area contributed by atoms with E-state index in [0.717, 1.165) is 25.5 Å². The molecule has 0 saturated carbocycles. The van der Waals surface area contributed by atoms with Crippen molar-refractivity contribution < 1.29 is 8.78 Å². The van der Waals surface area contributed by atoms with E-state index in [4.69, 9.17) is 11.6 Å². The number of halogens is 3. The minimum absolute atomic E-state index is 0.211. The molecule has 1 aromatic heterocycles. The Morgan fingerprint density at radius 1 is 1.29 bits per heavy atom. The van der Waals surface area contributed by atoms with Gasteiger partial charge in [0.25, 0.3) is 0 Å². The van der Waals surface area contributed by atoms with Crippen molar-refractivity contribution in [2.75, 3.05) is 20.6 Å². The highest BCUT2D eigenvalue weighted by molar-refractivity contribution is 6.20. The Hall–Kier alpha value is -1.20. The quantitative estimate of drug-likeness (QED) is 0.594. The van der Waals surface area contributed by atoms with E-state index in [1.165, 1.54) is 6.07 Å². The molecule has 0 amide bonds. The number of unbranched alkanes of at least 4 members (excludes halogenated alkanes) is 1. The molecule has 0 bridgehead atoms. The number of hydrogen-bond acceptors (Lipinski definition) is 2. The van der Waals surface area contributed by atoms with Crippen molar-refractivity contribution in [3.05, 3.63) is 29.6 Å². The lowest BCUT2D eigenvalue weighted by Gasteiger charge is -2.12. The van der Waals surface area contributed by atoms with Gasteiger partial charge in [0, 0.05) is 6.54 Å². The van der Waals surface area contributed by atoms with Gasteiger partial charge in [-0.15, -0.1) is 11.6 Å². The Bertz CT molecular complexity index is 623. The van der Waals surface area contributed by atoms with Crippen LogP contribution in [0.5, 0.6) is 0 Å². The SMILES string of the molecule is CC(Cl)c1nc2ccc(F)c(F)c2n1CCCCN(C)C. The maximum absolute atomic E-state index is 14.1. The predicted molar refractivity (Wildman–Crippen MR) is 81.7 cm³/mol. The molecule has 0 saturated heterocycles. The third-order valence-corrected chi connectivity index (χ3v) is 3.62. The summed E-state index contributed by atoms with van der Waals surface area (Å²) >= 11 is 6.13. The van der Waals surface area contributed by atoms with Gasteiger partial charge in [-0.25, -0.2) is 13.8 Å². The molecule has 116 valence electrons. The Balaban J connectivity index is 2.34. The highest BCUT2D eigenvalue weighted by Gasteiger charge is 2.19. The van der Waals surface area contributed by atoms with Gasteiger partial charge in [0.1, 0.15) is 11.3 Å². The lowest BCUT2D eigenvalue weighted by atomic mass is 10.2. The molecular formula is C15H20ClF2N3. The Morgan fingerprint density at radius 3 is 2.62 bits per heavy atom. The first kappa shape index (κ1) is 16.2. The lowest BCUT2D eigenvalue weighted by molar-refractivity contribution is 0.387. The van der Waals surface area contributed by atoms with Crippen LogP contribution in [-0.2, 0) is 6.54 Å². The first-order valence-corrected chi connectivity index (χ1v) is 7.48. The van der Waals surface area contributed by atoms with Gasteiger partial charge in [-0.3, -0.25) is 0 Å². The van der Waals surface area contributed by atoms with Crippen molar-refractivity contribution >= 4 is 22.6 Å². The van der Waals surface area contributed by atoms with Crippen LogP contribution in [0.1, 0.15) is 31.0 Å². The molecule has 6 heteroatoms. The van der Waals surface area contributed by atoms with Gasteiger partial charge in [0.05, 0.1) is 10.9 Å². The number of aryl methyl sites for hydroxylation is 1. The Morgan fingerprint density at radius 2 is 2.00 bits per heavy atom. The number of hydrogen-bond donors (Lipinski definition) is 0. The summed E-state index contributed by atoms with van der Waals surface area (Å²) in [7, 11) is 4.02. The van der Waals surface area contributed by atoms with E-state index < -0.39 is 11.6 Å². The highest BCUT2D eigenvalue weighted by atomic mass is 35.5. The molecule has 0 fully saturated rings. The van der Waals surface area contributed by atoms with Crippen LogP contribution in [0.3, 0.4) is 0 Å². The molecule has 0 aliphatic carbocycles. The molecule has 21 heavy (non-hydrogen) atoms.